The molecule has 284 valence electrons. The molecule has 0 aromatic heterocycles. The van der Waals surface area contributed by atoms with E-state index in [2.05, 4.69) is 243 Å². The third-order valence-electron chi connectivity index (χ3n) is 12.7. The lowest BCUT2D eigenvalue weighted by Gasteiger charge is -2.30. The van der Waals surface area contributed by atoms with Crippen LogP contribution in [0.4, 0.5) is 17.1 Å². The summed E-state index contributed by atoms with van der Waals surface area (Å²) in [6, 6.07) is 82.4. The van der Waals surface area contributed by atoms with Gasteiger partial charge in [-0.3, -0.25) is 0 Å². The van der Waals surface area contributed by atoms with Gasteiger partial charge in [-0.05, 0) is 125 Å². The molecule has 0 fully saturated rings. The van der Waals surface area contributed by atoms with Crippen molar-refractivity contribution in [2.75, 3.05) is 4.90 Å². The van der Waals surface area contributed by atoms with Gasteiger partial charge in [0.25, 0.3) is 0 Å². The number of nitrogens with zero attached hydrogens (tertiary/aromatic N) is 1. The molecule has 0 heterocycles. The number of rotatable bonds is 7. The number of benzene rings is 10. The standard InChI is InChI=1S/C59H43N/c1-59(2)56-38-44-21-7-6-20-43(44)37-55(56)53-36-35-46(39-57(53)59)60(45-33-31-42(32-34-45)48-29-16-22-41-19-8-9-23-47(41)48)58-30-15-14-28-54(58)52-27-13-12-26-51(52)50-25-11-10-24-49(50)40-17-4-3-5-18-40/h3-39H,1-2H3. The van der Waals surface area contributed by atoms with Crippen LogP contribution in [0, 0.1) is 0 Å². The molecule has 0 spiro atoms. The predicted molar refractivity (Wildman–Crippen MR) is 255 cm³/mol. The number of hydrogen-bond donors (Lipinski definition) is 0. The molecule has 1 aliphatic carbocycles. The topological polar surface area (TPSA) is 3.24 Å². The van der Waals surface area contributed by atoms with Crippen LogP contribution in [0.15, 0.2) is 224 Å². The van der Waals surface area contributed by atoms with Gasteiger partial charge in [0.15, 0.2) is 0 Å². The highest BCUT2D eigenvalue weighted by Gasteiger charge is 2.36. The maximum Gasteiger partial charge on any atom is 0.0540 e. The summed E-state index contributed by atoms with van der Waals surface area (Å²) in [5.41, 5.74) is 18.2. The third-order valence-corrected chi connectivity index (χ3v) is 12.7. The molecule has 0 unspecified atom stereocenters. The fourth-order valence-corrected chi connectivity index (χ4v) is 9.68. The van der Waals surface area contributed by atoms with Gasteiger partial charge in [-0.2, -0.15) is 0 Å². The smallest absolute Gasteiger partial charge is 0.0540 e. The summed E-state index contributed by atoms with van der Waals surface area (Å²) in [7, 11) is 0. The fraction of sp³-hybridized carbons (Fsp3) is 0.0508. The second kappa shape index (κ2) is 14.4. The van der Waals surface area contributed by atoms with Crippen molar-refractivity contribution in [2.45, 2.75) is 19.3 Å². The van der Waals surface area contributed by atoms with Gasteiger partial charge in [0.05, 0.1) is 5.69 Å². The van der Waals surface area contributed by atoms with Gasteiger partial charge in [0, 0.05) is 22.4 Å². The summed E-state index contributed by atoms with van der Waals surface area (Å²) in [6.45, 7) is 4.77. The van der Waals surface area contributed by atoms with Crippen molar-refractivity contribution >= 4 is 38.6 Å². The molecule has 60 heavy (non-hydrogen) atoms. The van der Waals surface area contributed by atoms with E-state index < -0.39 is 0 Å². The summed E-state index contributed by atoms with van der Waals surface area (Å²) >= 11 is 0. The van der Waals surface area contributed by atoms with E-state index in [1.165, 1.54) is 88.3 Å². The highest BCUT2D eigenvalue weighted by molar-refractivity contribution is 6.00. The van der Waals surface area contributed by atoms with Crippen LogP contribution in [-0.2, 0) is 5.41 Å². The van der Waals surface area contributed by atoms with E-state index in [0.717, 1.165) is 17.1 Å². The number of anilines is 3. The first-order valence-corrected chi connectivity index (χ1v) is 20.9. The largest absolute Gasteiger partial charge is 0.310 e. The number of hydrogen-bond acceptors (Lipinski definition) is 1. The first-order valence-electron chi connectivity index (χ1n) is 20.9. The van der Waals surface area contributed by atoms with Gasteiger partial charge in [-0.15, -0.1) is 0 Å². The molecule has 0 saturated carbocycles. The molecule has 10 aromatic rings. The normalized spacial score (nSPS) is 12.6. The van der Waals surface area contributed by atoms with Crippen molar-refractivity contribution < 1.29 is 0 Å². The molecule has 0 atom stereocenters. The highest BCUT2D eigenvalue weighted by Crippen LogP contribution is 2.53. The number of para-hydroxylation sites is 1. The van der Waals surface area contributed by atoms with Gasteiger partial charge in [-0.25, -0.2) is 0 Å². The zero-order chi connectivity index (χ0) is 40.2. The summed E-state index contributed by atoms with van der Waals surface area (Å²) in [4.78, 5) is 2.47. The lowest BCUT2D eigenvalue weighted by Crippen LogP contribution is -2.17. The van der Waals surface area contributed by atoms with Crippen LogP contribution in [0.2, 0.25) is 0 Å². The molecule has 11 rings (SSSR count). The fourth-order valence-electron chi connectivity index (χ4n) is 9.68. The monoisotopic (exact) mass is 765 g/mol. The predicted octanol–water partition coefficient (Wildman–Crippen LogP) is 16.4. The lowest BCUT2D eigenvalue weighted by molar-refractivity contribution is 0.661. The van der Waals surface area contributed by atoms with Crippen molar-refractivity contribution in [1.82, 2.24) is 0 Å². The van der Waals surface area contributed by atoms with Crippen LogP contribution in [0.5, 0.6) is 0 Å². The molecule has 0 N–H and O–H groups in total. The molecule has 1 aliphatic rings. The van der Waals surface area contributed by atoms with E-state index in [4.69, 9.17) is 0 Å². The summed E-state index contributed by atoms with van der Waals surface area (Å²) in [5.74, 6) is 0. The van der Waals surface area contributed by atoms with Gasteiger partial charge < -0.3 is 4.90 Å². The molecule has 0 aliphatic heterocycles. The van der Waals surface area contributed by atoms with E-state index in [0.29, 0.717) is 0 Å². The van der Waals surface area contributed by atoms with E-state index in [1.807, 2.05) is 0 Å². The quantitative estimate of drug-likeness (QED) is 0.156. The van der Waals surface area contributed by atoms with Crippen LogP contribution < -0.4 is 4.90 Å². The Morgan fingerprint density at radius 2 is 0.800 bits per heavy atom. The zero-order valence-corrected chi connectivity index (χ0v) is 33.8. The van der Waals surface area contributed by atoms with Gasteiger partial charge in [-0.1, -0.05) is 196 Å². The average molecular weight is 766 g/mol. The van der Waals surface area contributed by atoms with Crippen molar-refractivity contribution in [3.05, 3.63) is 236 Å². The second-order valence-electron chi connectivity index (χ2n) is 16.5. The Morgan fingerprint density at radius 1 is 0.300 bits per heavy atom. The Bertz CT molecular complexity index is 3220. The maximum atomic E-state index is 2.47. The Hall–Kier alpha value is -7.48. The molecular weight excluding hydrogens is 723 g/mol. The van der Waals surface area contributed by atoms with Crippen molar-refractivity contribution in [1.29, 1.82) is 0 Å². The van der Waals surface area contributed by atoms with E-state index in [9.17, 15) is 0 Å². The van der Waals surface area contributed by atoms with Crippen LogP contribution in [0.25, 0.3) is 77.2 Å². The molecule has 10 aromatic carbocycles. The maximum absolute atomic E-state index is 2.47. The van der Waals surface area contributed by atoms with Crippen LogP contribution >= 0.6 is 0 Å². The highest BCUT2D eigenvalue weighted by atomic mass is 15.1. The van der Waals surface area contributed by atoms with E-state index in [1.54, 1.807) is 0 Å². The average Bonchev–Trinajstić information content (AvgIpc) is 3.53. The summed E-state index contributed by atoms with van der Waals surface area (Å²) in [5, 5.41) is 5.07. The number of fused-ring (bicyclic) bond motifs is 5. The molecule has 0 bridgehead atoms. The van der Waals surface area contributed by atoms with Gasteiger partial charge in [0.1, 0.15) is 0 Å². The molecule has 0 radical (unpaired) electrons. The van der Waals surface area contributed by atoms with Crippen molar-refractivity contribution in [2.24, 2.45) is 0 Å². The minimum Gasteiger partial charge on any atom is -0.310 e. The minimum atomic E-state index is -0.179. The van der Waals surface area contributed by atoms with E-state index in [-0.39, 0.29) is 5.41 Å². The molecular formula is C59H43N. The van der Waals surface area contributed by atoms with Crippen LogP contribution in [0.3, 0.4) is 0 Å². The minimum absolute atomic E-state index is 0.179. The zero-order valence-electron chi connectivity index (χ0n) is 33.8. The van der Waals surface area contributed by atoms with Crippen molar-refractivity contribution in [3.8, 4) is 55.6 Å². The molecule has 1 heteroatoms. The second-order valence-corrected chi connectivity index (χ2v) is 16.5. The van der Waals surface area contributed by atoms with Crippen LogP contribution in [-0.4, -0.2) is 0 Å². The first-order chi connectivity index (χ1) is 29.5. The van der Waals surface area contributed by atoms with Crippen LogP contribution in [0.1, 0.15) is 25.0 Å². The third kappa shape index (κ3) is 5.93. The van der Waals surface area contributed by atoms with Gasteiger partial charge >= 0.3 is 0 Å². The Labute approximate surface area is 352 Å². The SMILES string of the molecule is CC1(C)c2cc(N(c3ccc(-c4cccc5ccccc45)cc3)c3ccccc3-c3ccccc3-c3ccccc3-c3ccccc3)ccc2-c2cc3ccccc3cc21. The summed E-state index contributed by atoms with van der Waals surface area (Å²) in [6.07, 6.45) is 0. The van der Waals surface area contributed by atoms with Gasteiger partial charge in [0.2, 0.25) is 0 Å². The molecule has 1 nitrogen and oxygen atoms in total. The Kier molecular flexibility index (Phi) is 8.57. The summed E-state index contributed by atoms with van der Waals surface area (Å²) < 4.78 is 0. The lowest BCUT2D eigenvalue weighted by atomic mass is 9.81. The Morgan fingerprint density at radius 3 is 1.55 bits per heavy atom. The molecule has 0 saturated heterocycles. The molecule has 0 amide bonds. The first kappa shape index (κ1) is 35.7. The van der Waals surface area contributed by atoms with Crippen molar-refractivity contribution in [3.63, 3.8) is 0 Å². The van der Waals surface area contributed by atoms with E-state index >= 15 is 0 Å². The Balaban J connectivity index is 1.10.